The van der Waals surface area contributed by atoms with E-state index < -0.39 is 0 Å². The Kier molecular flexibility index (Phi) is 5.04. The summed E-state index contributed by atoms with van der Waals surface area (Å²) in [4.78, 5) is 12.3. The number of hydrogen-bond acceptors (Lipinski definition) is 4. The number of fused-ring (bicyclic) bond motifs is 1. The molecule has 0 saturated heterocycles. The molecule has 0 aliphatic heterocycles. The van der Waals surface area contributed by atoms with Crippen molar-refractivity contribution in [1.29, 1.82) is 0 Å². The van der Waals surface area contributed by atoms with Crippen LogP contribution in [-0.2, 0) is 18.2 Å². The molecule has 7 heteroatoms. The topological polar surface area (TPSA) is 81.3 Å². The summed E-state index contributed by atoms with van der Waals surface area (Å²) in [5.41, 5.74) is 1.67. The summed E-state index contributed by atoms with van der Waals surface area (Å²) < 4.78 is 12.5. The van der Waals surface area contributed by atoms with Crippen molar-refractivity contribution in [2.45, 2.75) is 19.4 Å². The maximum absolute atomic E-state index is 12.3. The van der Waals surface area contributed by atoms with Crippen molar-refractivity contribution < 1.29 is 13.9 Å². The Labute approximate surface area is 146 Å². The predicted molar refractivity (Wildman–Crippen MR) is 95.6 cm³/mol. The summed E-state index contributed by atoms with van der Waals surface area (Å²) in [6, 6.07) is 11.0. The number of hydrogen-bond donors (Lipinski definition) is 2. The van der Waals surface area contributed by atoms with E-state index in [-0.39, 0.29) is 12.1 Å². The second-order valence-electron chi connectivity index (χ2n) is 5.89. The van der Waals surface area contributed by atoms with E-state index >= 15 is 0 Å². The Bertz CT molecular complexity index is 835. The molecule has 2 aromatic heterocycles. The van der Waals surface area contributed by atoms with E-state index in [9.17, 15) is 4.79 Å². The number of carbonyl (C=O) groups is 1. The number of carbonyl (C=O) groups excluding carboxylic acids is 1. The Morgan fingerprint density at radius 1 is 1.36 bits per heavy atom. The van der Waals surface area contributed by atoms with E-state index in [2.05, 4.69) is 15.7 Å². The first kappa shape index (κ1) is 17.0. The quantitative estimate of drug-likeness (QED) is 0.720. The number of nitrogens with zero attached hydrogens (tertiary/aromatic N) is 2. The SMILES string of the molecule is COCCc1cc(NC(=O)N[C@@H](C)c2cc3ccccc3o2)n(C)n1. The lowest BCUT2D eigenvalue weighted by Gasteiger charge is -2.12. The average molecular weight is 342 g/mol. The van der Waals surface area contributed by atoms with E-state index in [1.54, 1.807) is 18.8 Å². The van der Waals surface area contributed by atoms with Gasteiger partial charge in [0.05, 0.1) is 18.3 Å². The highest BCUT2D eigenvalue weighted by Crippen LogP contribution is 2.23. The summed E-state index contributed by atoms with van der Waals surface area (Å²) in [6.07, 6.45) is 0.697. The van der Waals surface area contributed by atoms with Crippen molar-refractivity contribution in [2.24, 2.45) is 7.05 Å². The van der Waals surface area contributed by atoms with E-state index in [4.69, 9.17) is 9.15 Å². The smallest absolute Gasteiger partial charge is 0.320 e. The summed E-state index contributed by atoms with van der Waals surface area (Å²) in [5, 5.41) is 11.0. The maximum atomic E-state index is 12.3. The van der Waals surface area contributed by atoms with Crippen LogP contribution in [0.3, 0.4) is 0 Å². The summed E-state index contributed by atoms with van der Waals surface area (Å²) in [6.45, 7) is 2.47. The predicted octanol–water partition coefficient (Wildman–Crippen LogP) is 3.24. The number of para-hydroxylation sites is 1. The van der Waals surface area contributed by atoms with Crippen LogP contribution in [0.5, 0.6) is 0 Å². The van der Waals surface area contributed by atoms with Gasteiger partial charge in [0.1, 0.15) is 17.2 Å². The molecule has 0 aliphatic rings. The van der Waals surface area contributed by atoms with Gasteiger partial charge in [-0.25, -0.2) is 4.79 Å². The molecule has 25 heavy (non-hydrogen) atoms. The van der Waals surface area contributed by atoms with Gasteiger partial charge in [-0.05, 0) is 19.1 Å². The first-order valence-corrected chi connectivity index (χ1v) is 8.14. The molecule has 2 N–H and O–H groups in total. The minimum atomic E-state index is -0.311. The summed E-state index contributed by atoms with van der Waals surface area (Å²) in [7, 11) is 3.43. The van der Waals surface area contributed by atoms with Gasteiger partial charge in [-0.15, -0.1) is 0 Å². The van der Waals surface area contributed by atoms with Crippen LogP contribution in [0.1, 0.15) is 24.4 Å². The van der Waals surface area contributed by atoms with Crippen LogP contribution in [0.15, 0.2) is 40.8 Å². The molecule has 0 saturated carbocycles. The zero-order valence-electron chi connectivity index (χ0n) is 14.6. The fourth-order valence-electron chi connectivity index (χ4n) is 2.61. The van der Waals surface area contributed by atoms with Gasteiger partial charge in [0.2, 0.25) is 0 Å². The lowest BCUT2D eigenvalue weighted by Crippen LogP contribution is -2.31. The zero-order chi connectivity index (χ0) is 17.8. The molecule has 0 bridgehead atoms. The lowest BCUT2D eigenvalue weighted by molar-refractivity contribution is 0.201. The molecule has 7 nitrogen and oxygen atoms in total. The normalized spacial score (nSPS) is 12.3. The highest BCUT2D eigenvalue weighted by atomic mass is 16.5. The number of benzene rings is 1. The van der Waals surface area contributed by atoms with E-state index in [0.29, 0.717) is 24.6 Å². The lowest BCUT2D eigenvalue weighted by atomic mass is 10.2. The van der Waals surface area contributed by atoms with Crippen LogP contribution in [0.25, 0.3) is 11.0 Å². The van der Waals surface area contributed by atoms with Crippen molar-refractivity contribution in [1.82, 2.24) is 15.1 Å². The number of urea groups is 1. The summed E-state index contributed by atoms with van der Waals surface area (Å²) >= 11 is 0. The standard InChI is InChI=1S/C18H22N4O3/c1-12(16-10-13-6-4-5-7-15(13)25-16)19-18(23)20-17-11-14(8-9-24-3)21-22(17)2/h4-7,10-12H,8-9H2,1-3H3,(H2,19,20,23)/t12-/m0/s1. The third kappa shape index (κ3) is 4.00. The number of furan rings is 1. The van der Waals surface area contributed by atoms with Crippen molar-refractivity contribution in [3.05, 3.63) is 47.9 Å². The molecular formula is C18H22N4O3. The largest absolute Gasteiger partial charge is 0.459 e. The molecule has 0 aliphatic carbocycles. The molecule has 132 valence electrons. The molecule has 0 fully saturated rings. The highest BCUT2D eigenvalue weighted by molar-refractivity contribution is 5.88. The van der Waals surface area contributed by atoms with Crippen LogP contribution >= 0.6 is 0 Å². The molecule has 3 aromatic rings. The Hall–Kier alpha value is -2.80. The highest BCUT2D eigenvalue weighted by Gasteiger charge is 2.15. The van der Waals surface area contributed by atoms with Crippen LogP contribution in [0, 0.1) is 0 Å². The third-order valence-corrected chi connectivity index (χ3v) is 3.95. The zero-order valence-corrected chi connectivity index (χ0v) is 14.6. The number of anilines is 1. The second kappa shape index (κ2) is 7.40. The minimum Gasteiger partial charge on any atom is -0.459 e. The number of methoxy groups -OCH3 is 1. The first-order valence-electron chi connectivity index (χ1n) is 8.14. The maximum Gasteiger partial charge on any atom is 0.320 e. The molecular weight excluding hydrogens is 320 g/mol. The average Bonchev–Trinajstić information content (AvgIpc) is 3.16. The number of aryl methyl sites for hydroxylation is 1. The van der Waals surface area contributed by atoms with Gasteiger partial charge in [0, 0.05) is 32.0 Å². The molecule has 1 aromatic carbocycles. The van der Waals surface area contributed by atoms with E-state index in [1.807, 2.05) is 43.3 Å². The molecule has 3 rings (SSSR count). The minimum absolute atomic E-state index is 0.256. The number of amides is 2. The van der Waals surface area contributed by atoms with Gasteiger partial charge >= 0.3 is 6.03 Å². The van der Waals surface area contributed by atoms with Crippen molar-refractivity contribution in [3.63, 3.8) is 0 Å². The first-order chi connectivity index (χ1) is 12.1. The van der Waals surface area contributed by atoms with Gasteiger partial charge in [-0.2, -0.15) is 5.10 Å². The molecule has 2 heterocycles. The fourth-order valence-corrected chi connectivity index (χ4v) is 2.61. The van der Waals surface area contributed by atoms with Gasteiger partial charge in [0.25, 0.3) is 0 Å². The van der Waals surface area contributed by atoms with Gasteiger partial charge in [0.15, 0.2) is 0 Å². The van der Waals surface area contributed by atoms with Crippen LogP contribution in [-0.4, -0.2) is 29.5 Å². The van der Waals surface area contributed by atoms with E-state index in [1.165, 1.54) is 0 Å². The fraction of sp³-hybridized carbons (Fsp3) is 0.333. The van der Waals surface area contributed by atoms with Crippen molar-refractivity contribution >= 4 is 22.8 Å². The number of nitrogens with one attached hydrogen (secondary N) is 2. The van der Waals surface area contributed by atoms with Crippen molar-refractivity contribution in [2.75, 3.05) is 19.0 Å². The Morgan fingerprint density at radius 3 is 2.92 bits per heavy atom. The molecule has 0 radical (unpaired) electrons. The summed E-state index contributed by atoms with van der Waals surface area (Å²) in [5.74, 6) is 1.34. The van der Waals surface area contributed by atoms with Gasteiger partial charge < -0.3 is 14.5 Å². The van der Waals surface area contributed by atoms with Gasteiger partial charge in [-0.1, -0.05) is 18.2 Å². The number of aromatic nitrogens is 2. The number of ether oxygens (including phenoxy) is 1. The molecule has 0 spiro atoms. The third-order valence-electron chi connectivity index (χ3n) is 3.95. The van der Waals surface area contributed by atoms with Crippen LogP contribution in [0.4, 0.5) is 10.6 Å². The monoisotopic (exact) mass is 342 g/mol. The Balaban J connectivity index is 1.62. The van der Waals surface area contributed by atoms with Crippen molar-refractivity contribution in [3.8, 4) is 0 Å². The Morgan fingerprint density at radius 2 is 2.16 bits per heavy atom. The van der Waals surface area contributed by atoms with Gasteiger partial charge in [-0.3, -0.25) is 10.00 Å². The van der Waals surface area contributed by atoms with Crippen LogP contribution < -0.4 is 10.6 Å². The van der Waals surface area contributed by atoms with E-state index in [0.717, 1.165) is 16.7 Å². The second-order valence-corrected chi connectivity index (χ2v) is 5.89. The van der Waals surface area contributed by atoms with Crippen LogP contribution in [0.2, 0.25) is 0 Å². The molecule has 0 unspecified atom stereocenters. The molecule has 1 atom stereocenters. The molecule has 2 amide bonds. The number of rotatable bonds is 6.